The standard InChI is InChI=1S/C16H17NO3S/c1-19-16(18)14-11-12(17)7-8-15(14)20-9-10-21-13-5-3-2-4-6-13/h2-8,11H,9-10,17H2,1H3. The Morgan fingerprint density at radius 1 is 1.19 bits per heavy atom. The van der Waals surface area contributed by atoms with Crippen molar-refractivity contribution in [1.29, 1.82) is 0 Å². The van der Waals surface area contributed by atoms with Gasteiger partial charge in [-0.1, -0.05) is 18.2 Å². The van der Waals surface area contributed by atoms with Crippen LogP contribution in [-0.2, 0) is 4.74 Å². The number of methoxy groups -OCH3 is 1. The lowest BCUT2D eigenvalue weighted by atomic mass is 10.2. The van der Waals surface area contributed by atoms with Gasteiger partial charge >= 0.3 is 5.97 Å². The number of ether oxygens (including phenoxy) is 2. The van der Waals surface area contributed by atoms with Crippen molar-refractivity contribution in [2.45, 2.75) is 4.90 Å². The van der Waals surface area contributed by atoms with Gasteiger partial charge in [0.05, 0.1) is 13.7 Å². The molecule has 0 spiro atoms. The van der Waals surface area contributed by atoms with Gasteiger partial charge in [-0.3, -0.25) is 0 Å². The van der Waals surface area contributed by atoms with Gasteiger partial charge in [0.1, 0.15) is 11.3 Å². The van der Waals surface area contributed by atoms with Crippen LogP contribution in [0.1, 0.15) is 10.4 Å². The fourth-order valence-corrected chi connectivity index (χ4v) is 2.52. The first-order valence-corrected chi connectivity index (χ1v) is 7.48. The number of hydrogen-bond donors (Lipinski definition) is 1. The summed E-state index contributed by atoms with van der Waals surface area (Å²) in [4.78, 5) is 12.9. The number of carbonyl (C=O) groups is 1. The van der Waals surface area contributed by atoms with Crippen molar-refractivity contribution in [2.24, 2.45) is 0 Å². The van der Waals surface area contributed by atoms with Crippen molar-refractivity contribution in [3.05, 3.63) is 54.1 Å². The van der Waals surface area contributed by atoms with E-state index < -0.39 is 5.97 Å². The summed E-state index contributed by atoms with van der Waals surface area (Å²) in [5, 5.41) is 0. The Morgan fingerprint density at radius 2 is 1.95 bits per heavy atom. The number of esters is 1. The molecule has 0 bridgehead atoms. The molecule has 2 rings (SSSR count). The summed E-state index contributed by atoms with van der Waals surface area (Å²) in [6.45, 7) is 0.494. The Balaban J connectivity index is 1.92. The van der Waals surface area contributed by atoms with Gasteiger partial charge in [0, 0.05) is 16.3 Å². The van der Waals surface area contributed by atoms with E-state index >= 15 is 0 Å². The number of rotatable bonds is 6. The monoisotopic (exact) mass is 303 g/mol. The van der Waals surface area contributed by atoms with E-state index in [0.717, 1.165) is 5.75 Å². The molecule has 0 saturated carbocycles. The summed E-state index contributed by atoms with van der Waals surface area (Å²) in [6.07, 6.45) is 0. The first-order chi connectivity index (χ1) is 10.2. The third kappa shape index (κ3) is 4.43. The number of nitrogen functional groups attached to an aromatic ring is 1. The lowest BCUT2D eigenvalue weighted by Crippen LogP contribution is -2.08. The molecule has 0 amide bonds. The van der Waals surface area contributed by atoms with E-state index in [-0.39, 0.29) is 0 Å². The third-order valence-electron chi connectivity index (χ3n) is 2.76. The van der Waals surface area contributed by atoms with Gasteiger partial charge < -0.3 is 15.2 Å². The first-order valence-electron chi connectivity index (χ1n) is 6.49. The Bertz CT molecular complexity index is 602. The van der Waals surface area contributed by atoms with Crippen LogP contribution in [-0.4, -0.2) is 25.4 Å². The molecule has 2 aromatic rings. The highest BCUT2D eigenvalue weighted by Gasteiger charge is 2.13. The van der Waals surface area contributed by atoms with E-state index in [2.05, 4.69) is 0 Å². The molecular weight excluding hydrogens is 286 g/mol. The average Bonchev–Trinajstić information content (AvgIpc) is 2.53. The molecule has 21 heavy (non-hydrogen) atoms. The van der Waals surface area contributed by atoms with Crippen molar-refractivity contribution in [3.63, 3.8) is 0 Å². The predicted molar refractivity (Wildman–Crippen MR) is 84.9 cm³/mol. The number of carbonyl (C=O) groups excluding carboxylic acids is 1. The van der Waals surface area contributed by atoms with Crippen LogP contribution in [0, 0.1) is 0 Å². The molecule has 0 aliphatic rings. The van der Waals surface area contributed by atoms with Crippen LogP contribution in [0.2, 0.25) is 0 Å². The number of hydrogen-bond acceptors (Lipinski definition) is 5. The zero-order valence-corrected chi connectivity index (χ0v) is 12.6. The highest BCUT2D eigenvalue weighted by molar-refractivity contribution is 7.99. The molecule has 2 N–H and O–H groups in total. The molecule has 0 unspecified atom stereocenters. The van der Waals surface area contributed by atoms with Crippen molar-refractivity contribution < 1.29 is 14.3 Å². The van der Waals surface area contributed by atoms with Crippen LogP contribution in [0.3, 0.4) is 0 Å². The van der Waals surface area contributed by atoms with Crippen molar-refractivity contribution >= 4 is 23.4 Å². The average molecular weight is 303 g/mol. The maximum Gasteiger partial charge on any atom is 0.341 e. The van der Waals surface area contributed by atoms with E-state index in [1.54, 1.807) is 30.0 Å². The Morgan fingerprint density at radius 3 is 2.67 bits per heavy atom. The molecule has 0 heterocycles. The number of nitrogens with two attached hydrogens (primary N) is 1. The van der Waals surface area contributed by atoms with Crippen LogP contribution in [0.15, 0.2) is 53.4 Å². The van der Waals surface area contributed by atoms with Gasteiger partial charge in [0.15, 0.2) is 0 Å². The van der Waals surface area contributed by atoms with Crippen LogP contribution in [0.5, 0.6) is 5.75 Å². The quantitative estimate of drug-likeness (QED) is 0.384. The van der Waals surface area contributed by atoms with Gasteiger partial charge in [-0.15, -0.1) is 11.8 Å². The number of anilines is 1. The Hall–Kier alpha value is -2.14. The molecule has 5 heteroatoms. The van der Waals surface area contributed by atoms with E-state index in [9.17, 15) is 4.79 Å². The summed E-state index contributed by atoms with van der Waals surface area (Å²) >= 11 is 1.70. The Kier molecular flexibility index (Phi) is 5.51. The third-order valence-corrected chi connectivity index (χ3v) is 3.74. The van der Waals surface area contributed by atoms with Crippen LogP contribution >= 0.6 is 11.8 Å². The minimum absolute atomic E-state index is 0.349. The minimum Gasteiger partial charge on any atom is -0.492 e. The largest absolute Gasteiger partial charge is 0.492 e. The molecule has 0 radical (unpaired) electrons. The summed E-state index contributed by atoms with van der Waals surface area (Å²) in [6, 6.07) is 15.0. The molecule has 0 aliphatic heterocycles. The van der Waals surface area contributed by atoms with E-state index in [0.29, 0.717) is 23.6 Å². The second kappa shape index (κ2) is 7.59. The van der Waals surface area contributed by atoms with Gasteiger partial charge in [-0.25, -0.2) is 4.79 Å². The topological polar surface area (TPSA) is 61.5 Å². The normalized spacial score (nSPS) is 10.1. The zero-order chi connectivity index (χ0) is 15.1. The molecule has 0 saturated heterocycles. The van der Waals surface area contributed by atoms with Crippen molar-refractivity contribution in [2.75, 3.05) is 25.2 Å². The van der Waals surface area contributed by atoms with E-state index in [4.69, 9.17) is 15.2 Å². The molecule has 0 aromatic heterocycles. The molecule has 0 fully saturated rings. The highest BCUT2D eigenvalue weighted by atomic mass is 32.2. The lowest BCUT2D eigenvalue weighted by Gasteiger charge is -2.10. The zero-order valence-electron chi connectivity index (χ0n) is 11.7. The van der Waals surface area contributed by atoms with E-state index in [1.165, 1.54) is 12.0 Å². The summed E-state index contributed by atoms with van der Waals surface area (Å²) in [5.74, 6) is 0.826. The fraction of sp³-hybridized carbons (Fsp3) is 0.188. The molecule has 2 aromatic carbocycles. The van der Waals surface area contributed by atoms with Crippen molar-refractivity contribution in [1.82, 2.24) is 0 Å². The summed E-state index contributed by atoms with van der Waals surface area (Å²) < 4.78 is 10.4. The van der Waals surface area contributed by atoms with E-state index in [1.807, 2.05) is 30.3 Å². The molecule has 4 nitrogen and oxygen atoms in total. The number of benzene rings is 2. The summed E-state index contributed by atoms with van der Waals surface area (Å²) in [5.41, 5.74) is 6.53. The second-order valence-corrected chi connectivity index (χ2v) is 5.43. The molecule has 0 atom stereocenters. The number of thioether (sulfide) groups is 1. The highest BCUT2D eigenvalue weighted by Crippen LogP contribution is 2.23. The van der Waals surface area contributed by atoms with Crippen LogP contribution < -0.4 is 10.5 Å². The van der Waals surface area contributed by atoms with Gasteiger partial charge in [0.25, 0.3) is 0 Å². The lowest BCUT2D eigenvalue weighted by molar-refractivity contribution is 0.0596. The second-order valence-electron chi connectivity index (χ2n) is 4.26. The Labute approximate surface area is 128 Å². The molecule has 0 aliphatic carbocycles. The fourth-order valence-electron chi connectivity index (χ4n) is 1.77. The molecule has 110 valence electrons. The van der Waals surface area contributed by atoms with Crippen LogP contribution in [0.4, 0.5) is 5.69 Å². The smallest absolute Gasteiger partial charge is 0.341 e. The van der Waals surface area contributed by atoms with Gasteiger partial charge in [-0.05, 0) is 30.3 Å². The minimum atomic E-state index is -0.451. The SMILES string of the molecule is COC(=O)c1cc(N)ccc1OCCSc1ccccc1. The first kappa shape index (κ1) is 15.3. The maximum absolute atomic E-state index is 11.7. The van der Waals surface area contributed by atoms with Gasteiger partial charge in [-0.2, -0.15) is 0 Å². The van der Waals surface area contributed by atoms with Gasteiger partial charge in [0.2, 0.25) is 0 Å². The predicted octanol–water partition coefficient (Wildman–Crippen LogP) is 3.23. The summed E-state index contributed by atoms with van der Waals surface area (Å²) in [7, 11) is 1.33. The maximum atomic E-state index is 11.7. The van der Waals surface area contributed by atoms with Crippen LogP contribution in [0.25, 0.3) is 0 Å². The molecular formula is C16H17NO3S. The van der Waals surface area contributed by atoms with Crippen molar-refractivity contribution in [3.8, 4) is 5.75 Å².